The highest BCUT2D eigenvalue weighted by Crippen LogP contribution is 2.23. The number of thiol groups is 1. The lowest BCUT2D eigenvalue weighted by Gasteiger charge is -2.30. The zero-order valence-electron chi connectivity index (χ0n) is 30.9. The van der Waals surface area contributed by atoms with E-state index in [0.717, 1.165) is 32.3 Å². The van der Waals surface area contributed by atoms with Crippen LogP contribution in [0, 0.1) is 0 Å². The quantitative estimate of drug-likeness (QED) is 0.0574. The van der Waals surface area contributed by atoms with Gasteiger partial charge in [0.25, 0.3) is 0 Å². The number of carbonyl (C=O) groups is 7. The van der Waals surface area contributed by atoms with Gasteiger partial charge in [0, 0.05) is 52.9 Å². The summed E-state index contributed by atoms with van der Waals surface area (Å²) in [7, 11) is 0. The first-order valence-electron chi connectivity index (χ1n) is 18.3. The maximum Gasteiger partial charge on any atom is 0.327 e. The second-order valence-electron chi connectivity index (χ2n) is 14.0. The molecule has 2 aromatic heterocycles. The zero-order chi connectivity index (χ0) is 41.4. The molecule has 0 bridgehead atoms. The van der Waals surface area contributed by atoms with Crippen LogP contribution in [-0.4, -0.2) is 126 Å². The van der Waals surface area contributed by atoms with Crippen LogP contribution in [0.2, 0.25) is 0 Å². The molecule has 3 heterocycles. The number of aromatic amines is 2. The summed E-state index contributed by atoms with van der Waals surface area (Å²) in [5, 5.41) is 40.9. The predicted molar refractivity (Wildman–Crippen MR) is 210 cm³/mol. The minimum atomic E-state index is -1.63. The molecule has 0 unspecified atom stereocenters. The third-order valence-electron chi connectivity index (χ3n) is 9.88. The molecule has 19 heteroatoms. The Balaban J connectivity index is 1.33. The number of likely N-dealkylation sites (tertiary alicyclic amines) is 1. The molecular formula is C38H46N8O10S. The molecule has 11 N–H and O–H groups in total. The lowest BCUT2D eigenvalue weighted by Crippen LogP contribution is -2.61. The predicted octanol–water partition coefficient (Wildman–Crippen LogP) is -0.438. The van der Waals surface area contributed by atoms with Gasteiger partial charge in [0.05, 0.1) is 18.6 Å². The summed E-state index contributed by atoms with van der Waals surface area (Å²) in [6, 6.07) is 6.28. The number of nitrogens with two attached hydrogens (primary N) is 1. The topological polar surface area (TPSA) is 289 Å². The first kappa shape index (κ1) is 42.2. The molecule has 57 heavy (non-hydrogen) atoms. The number of amides is 5. The second-order valence-corrected chi connectivity index (χ2v) is 14.3. The van der Waals surface area contributed by atoms with Gasteiger partial charge in [-0.1, -0.05) is 36.4 Å². The van der Waals surface area contributed by atoms with Crippen LogP contribution >= 0.6 is 12.6 Å². The number of nitrogens with one attached hydrogen (secondary N) is 6. The van der Waals surface area contributed by atoms with E-state index in [1.807, 2.05) is 30.3 Å². The number of aromatic nitrogens is 2. The number of fused-ring (bicyclic) bond motifs is 2. The molecule has 7 atom stereocenters. The van der Waals surface area contributed by atoms with Crippen LogP contribution in [0.5, 0.6) is 0 Å². The molecule has 0 radical (unpaired) electrons. The van der Waals surface area contributed by atoms with Crippen molar-refractivity contribution in [2.45, 2.75) is 81.4 Å². The van der Waals surface area contributed by atoms with E-state index in [0.29, 0.717) is 12.0 Å². The number of carboxylic acids is 2. The van der Waals surface area contributed by atoms with Gasteiger partial charge in [0.1, 0.15) is 30.2 Å². The fourth-order valence-electron chi connectivity index (χ4n) is 6.89. The number of aliphatic hydroxyl groups excluding tert-OH is 1. The Morgan fingerprint density at radius 3 is 1.95 bits per heavy atom. The van der Waals surface area contributed by atoms with E-state index in [1.54, 1.807) is 30.6 Å². The van der Waals surface area contributed by atoms with Crippen molar-refractivity contribution in [3.63, 3.8) is 0 Å². The van der Waals surface area contributed by atoms with Crippen LogP contribution in [0.3, 0.4) is 0 Å². The first-order valence-corrected chi connectivity index (χ1v) is 18.9. The summed E-state index contributed by atoms with van der Waals surface area (Å²) < 4.78 is 0. The van der Waals surface area contributed by atoms with Crippen molar-refractivity contribution >= 4 is 75.9 Å². The van der Waals surface area contributed by atoms with Gasteiger partial charge in [0.15, 0.2) is 0 Å². The van der Waals surface area contributed by atoms with Gasteiger partial charge in [0.2, 0.25) is 29.5 Å². The van der Waals surface area contributed by atoms with Crippen LogP contribution in [0.4, 0.5) is 0 Å². The Morgan fingerprint density at radius 2 is 1.39 bits per heavy atom. The summed E-state index contributed by atoms with van der Waals surface area (Å²) in [6.45, 7) is 1.27. The molecule has 304 valence electrons. The van der Waals surface area contributed by atoms with E-state index < -0.39 is 90.3 Å². The highest BCUT2D eigenvalue weighted by molar-refractivity contribution is 7.80. The van der Waals surface area contributed by atoms with Gasteiger partial charge in [-0.15, -0.1) is 0 Å². The Labute approximate surface area is 331 Å². The normalized spacial score (nSPS) is 17.2. The molecule has 5 amide bonds. The average molecular weight is 807 g/mol. The molecule has 0 aliphatic carbocycles. The number of H-pyrrole nitrogens is 2. The molecule has 0 saturated carbocycles. The van der Waals surface area contributed by atoms with Gasteiger partial charge in [-0.05, 0) is 49.4 Å². The number of carboxylic acid groups (broad SMARTS) is 2. The number of hydrogen-bond acceptors (Lipinski definition) is 10. The van der Waals surface area contributed by atoms with E-state index in [-0.39, 0.29) is 31.6 Å². The molecule has 4 aromatic rings. The van der Waals surface area contributed by atoms with Crippen molar-refractivity contribution in [1.29, 1.82) is 0 Å². The van der Waals surface area contributed by atoms with Crippen LogP contribution in [0.25, 0.3) is 21.8 Å². The number of rotatable bonds is 18. The summed E-state index contributed by atoms with van der Waals surface area (Å²) in [4.78, 5) is 99.0. The number of carbonyl (C=O) groups excluding carboxylic acids is 5. The molecule has 1 fully saturated rings. The van der Waals surface area contributed by atoms with E-state index >= 15 is 0 Å². The second kappa shape index (κ2) is 18.8. The largest absolute Gasteiger partial charge is 0.481 e. The number of para-hydroxylation sites is 2. The van der Waals surface area contributed by atoms with Gasteiger partial charge < -0.3 is 57.2 Å². The maximum atomic E-state index is 14.0. The fraction of sp³-hybridized carbons (Fsp3) is 0.395. The highest BCUT2D eigenvalue weighted by atomic mass is 32.1. The van der Waals surface area contributed by atoms with Crippen LogP contribution in [0.1, 0.15) is 37.3 Å². The number of nitrogens with zero attached hydrogens (tertiary/aromatic N) is 1. The molecular weight excluding hydrogens is 761 g/mol. The van der Waals surface area contributed by atoms with E-state index in [1.165, 1.54) is 6.92 Å². The third-order valence-corrected chi connectivity index (χ3v) is 10.2. The van der Waals surface area contributed by atoms with E-state index in [2.05, 4.69) is 43.9 Å². The van der Waals surface area contributed by atoms with Crippen molar-refractivity contribution in [3.8, 4) is 0 Å². The maximum absolute atomic E-state index is 14.0. The number of aliphatic carboxylic acids is 2. The standard InChI is InChI=1S/C38H46N8O10S/c1-19(47)32(36(53)44-29(18-57)38(55)56)45-34(51)27(14-21-17-41-26-10-5-3-8-23(21)26)42-35(52)30-11-6-12-46(30)37(54)28(15-31(48)49)43-33(50)24(39)13-20-16-40-25-9-4-2-7-22(20)25/h2-5,7-10,16-17,19,24,27-30,32,40-41,47,57H,6,11-15,18,39H2,1H3,(H,42,52)(H,43,50)(H,44,53)(H,45,51)(H,48,49)(H,55,56)/t19-,24+,27+,28+,29+,30+,32+/m1/s1. The van der Waals surface area contributed by atoms with Crippen LogP contribution in [-0.2, 0) is 46.4 Å². The number of hydrogen-bond donors (Lipinski definition) is 11. The van der Waals surface area contributed by atoms with Gasteiger partial charge in [-0.25, -0.2) is 4.79 Å². The molecule has 1 aliphatic rings. The number of benzene rings is 2. The molecule has 1 aliphatic heterocycles. The molecule has 18 nitrogen and oxygen atoms in total. The minimum Gasteiger partial charge on any atom is -0.481 e. The number of aliphatic hydroxyl groups is 1. The lowest BCUT2D eigenvalue weighted by atomic mass is 10.0. The van der Waals surface area contributed by atoms with Crippen molar-refractivity contribution < 1.29 is 48.9 Å². The van der Waals surface area contributed by atoms with Crippen LogP contribution < -0.4 is 27.0 Å². The molecule has 0 spiro atoms. The third kappa shape index (κ3) is 10.3. The molecule has 2 aromatic carbocycles. The fourth-order valence-corrected chi connectivity index (χ4v) is 7.14. The van der Waals surface area contributed by atoms with Gasteiger partial charge in [-0.3, -0.25) is 28.8 Å². The van der Waals surface area contributed by atoms with E-state index in [9.17, 15) is 48.9 Å². The van der Waals surface area contributed by atoms with E-state index in [4.69, 9.17) is 5.73 Å². The van der Waals surface area contributed by atoms with Crippen LogP contribution in [0.15, 0.2) is 60.9 Å². The zero-order valence-corrected chi connectivity index (χ0v) is 31.8. The molecule has 5 rings (SSSR count). The van der Waals surface area contributed by atoms with Crippen molar-refractivity contribution in [2.24, 2.45) is 5.73 Å². The smallest absolute Gasteiger partial charge is 0.327 e. The summed E-state index contributed by atoms with van der Waals surface area (Å²) >= 11 is 3.93. The van der Waals surface area contributed by atoms with Crippen molar-refractivity contribution in [3.05, 3.63) is 72.1 Å². The Hall–Kier alpha value is -5.92. The molecule has 1 saturated heterocycles. The van der Waals surface area contributed by atoms with Gasteiger partial charge >= 0.3 is 11.9 Å². The highest BCUT2D eigenvalue weighted by Gasteiger charge is 2.40. The Bertz CT molecular complexity index is 2140. The average Bonchev–Trinajstić information content (AvgIpc) is 3.94. The summed E-state index contributed by atoms with van der Waals surface area (Å²) in [5.41, 5.74) is 9.16. The monoisotopic (exact) mass is 806 g/mol. The summed E-state index contributed by atoms with van der Waals surface area (Å²) in [6.07, 6.45) is 1.54. The van der Waals surface area contributed by atoms with Crippen molar-refractivity contribution in [2.75, 3.05) is 12.3 Å². The first-order chi connectivity index (χ1) is 27.2. The Kier molecular flexibility index (Phi) is 13.9. The summed E-state index contributed by atoms with van der Waals surface area (Å²) in [5.74, 6) is -7.30. The SMILES string of the molecule is C[C@@H](O)[C@H](NC(=O)[C@H](Cc1c[nH]c2ccccc12)NC(=O)[C@@H]1CCCN1C(=O)[C@H](CC(=O)O)NC(=O)[C@@H](N)Cc1c[nH]c2ccccc12)C(=O)N[C@@H](CS)C(=O)O. The Morgan fingerprint density at radius 1 is 0.807 bits per heavy atom. The van der Waals surface area contributed by atoms with Crippen molar-refractivity contribution in [1.82, 2.24) is 36.1 Å². The lowest BCUT2D eigenvalue weighted by molar-refractivity contribution is -0.146. The van der Waals surface area contributed by atoms with Gasteiger partial charge in [-0.2, -0.15) is 12.6 Å². The minimum absolute atomic E-state index is 0.0454.